The molecule has 4 aromatic rings. The van der Waals surface area contributed by atoms with Crippen molar-refractivity contribution >= 4 is 39.1 Å². The first kappa shape index (κ1) is 31.7. The quantitative estimate of drug-likeness (QED) is 0.218. The Balaban J connectivity index is 1.80. The number of carbonyl (C=O) groups excluding carboxylic acids is 2. The molecule has 1 unspecified atom stereocenters. The zero-order chi connectivity index (χ0) is 31.0. The molecule has 0 radical (unpaired) electrons. The van der Waals surface area contributed by atoms with E-state index in [-0.39, 0.29) is 23.8 Å². The first-order chi connectivity index (χ1) is 20.6. The van der Waals surface area contributed by atoms with Gasteiger partial charge in [0, 0.05) is 24.5 Å². The maximum Gasteiger partial charge on any atom is 0.264 e. The number of nitrogens with one attached hydrogen (secondary N) is 1. The summed E-state index contributed by atoms with van der Waals surface area (Å²) in [6.07, 6.45) is 0.188. The fourth-order valence-corrected chi connectivity index (χ4v) is 6.33. The Labute approximate surface area is 257 Å². The van der Waals surface area contributed by atoms with Gasteiger partial charge >= 0.3 is 0 Å². The molecule has 0 heterocycles. The molecule has 0 aromatic heterocycles. The number of aryl methyl sites for hydroxylation is 1. The largest absolute Gasteiger partial charge is 0.355 e. The fourth-order valence-electron chi connectivity index (χ4n) is 4.72. The number of halogens is 2. The Morgan fingerprint density at radius 3 is 2.12 bits per heavy atom. The molecule has 4 aromatic carbocycles. The highest BCUT2D eigenvalue weighted by Gasteiger charge is 2.34. The van der Waals surface area contributed by atoms with Crippen LogP contribution in [0, 0.1) is 12.7 Å². The van der Waals surface area contributed by atoms with Gasteiger partial charge in [-0.25, -0.2) is 12.8 Å². The molecule has 43 heavy (non-hydrogen) atoms. The van der Waals surface area contributed by atoms with E-state index in [1.54, 1.807) is 38.1 Å². The highest BCUT2D eigenvalue weighted by molar-refractivity contribution is 7.92. The highest BCUT2D eigenvalue weighted by atomic mass is 35.5. The Morgan fingerprint density at radius 2 is 1.49 bits per heavy atom. The van der Waals surface area contributed by atoms with Crippen molar-refractivity contribution in [2.24, 2.45) is 0 Å². The predicted octanol–water partition coefficient (Wildman–Crippen LogP) is 5.76. The Hall–Kier alpha value is -4.21. The first-order valence-electron chi connectivity index (χ1n) is 13.8. The van der Waals surface area contributed by atoms with Crippen LogP contribution in [0.1, 0.15) is 23.6 Å². The summed E-state index contributed by atoms with van der Waals surface area (Å²) in [5.41, 5.74) is 2.37. The SMILES string of the molecule is CCNC(=O)C(Cc1ccccc1)N(Cc1ccc(F)cc1)C(=O)CN(c1ccccc1C)S(=O)(=O)c1ccc(Cl)cc1. The molecule has 2 amide bonds. The average molecular weight is 622 g/mol. The maximum absolute atomic E-state index is 14.3. The van der Waals surface area contributed by atoms with E-state index in [4.69, 9.17) is 11.6 Å². The summed E-state index contributed by atoms with van der Waals surface area (Å²) in [7, 11) is -4.24. The van der Waals surface area contributed by atoms with Gasteiger partial charge < -0.3 is 10.2 Å². The van der Waals surface area contributed by atoms with Crippen molar-refractivity contribution in [2.75, 3.05) is 17.4 Å². The number of hydrogen-bond acceptors (Lipinski definition) is 4. The number of likely N-dealkylation sites (N-methyl/N-ethyl adjacent to an activating group) is 1. The molecule has 0 fully saturated rings. The van der Waals surface area contributed by atoms with E-state index < -0.39 is 34.3 Å². The molecule has 0 saturated carbocycles. The van der Waals surface area contributed by atoms with E-state index in [9.17, 15) is 22.4 Å². The van der Waals surface area contributed by atoms with Gasteiger partial charge in [0.1, 0.15) is 18.4 Å². The van der Waals surface area contributed by atoms with E-state index in [0.29, 0.717) is 28.4 Å². The summed E-state index contributed by atoms with van der Waals surface area (Å²) in [6.45, 7) is 3.25. The molecular weight excluding hydrogens is 589 g/mol. The van der Waals surface area contributed by atoms with Crippen molar-refractivity contribution in [1.82, 2.24) is 10.2 Å². The Kier molecular flexibility index (Phi) is 10.6. The van der Waals surface area contributed by atoms with Gasteiger partial charge in [0.25, 0.3) is 10.0 Å². The van der Waals surface area contributed by atoms with Gasteiger partial charge in [0.2, 0.25) is 11.8 Å². The van der Waals surface area contributed by atoms with Crippen molar-refractivity contribution in [1.29, 1.82) is 0 Å². The van der Waals surface area contributed by atoms with Crippen LogP contribution in [0.4, 0.5) is 10.1 Å². The Morgan fingerprint density at radius 1 is 0.860 bits per heavy atom. The minimum atomic E-state index is -4.24. The molecule has 0 aliphatic heterocycles. The minimum absolute atomic E-state index is 0.0393. The van der Waals surface area contributed by atoms with E-state index in [1.165, 1.54) is 53.4 Å². The van der Waals surface area contributed by atoms with E-state index in [1.807, 2.05) is 30.3 Å². The number of hydrogen-bond donors (Lipinski definition) is 1. The van der Waals surface area contributed by atoms with E-state index in [0.717, 1.165) is 9.87 Å². The lowest BCUT2D eigenvalue weighted by Gasteiger charge is -2.34. The van der Waals surface area contributed by atoms with Crippen molar-refractivity contribution in [3.05, 3.63) is 131 Å². The molecule has 1 N–H and O–H groups in total. The summed E-state index contributed by atoms with van der Waals surface area (Å²) in [6, 6.07) is 26.5. The molecule has 4 rings (SSSR count). The topological polar surface area (TPSA) is 86.8 Å². The second-order valence-electron chi connectivity index (χ2n) is 10.0. The van der Waals surface area contributed by atoms with Crippen molar-refractivity contribution < 1.29 is 22.4 Å². The standard InChI is InChI=1S/C33H33ClFN3O4S/c1-3-36-33(40)31(21-25-10-5-4-6-11-25)37(22-26-13-17-28(35)18-14-26)32(39)23-38(30-12-8-7-9-24(30)2)43(41,42)29-19-15-27(34)16-20-29/h4-20,31H,3,21-23H2,1-2H3,(H,36,40). The molecule has 0 aliphatic carbocycles. The van der Waals surface area contributed by atoms with Gasteiger partial charge in [0.05, 0.1) is 10.6 Å². The Bertz CT molecular complexity index is 1650. The van der Waals surface area contributed by atoms with Gasteiger partial charge in [-0.1, -0.05) is 72.3 Å². The summed E-state index contributed by atoms with van der Waals surface area (Å²) < 4.78 is 42.9. The summed E-state index contributed by atoms with van der Waals surface area (Å²) in [5.74, 6) is -1.42. The maximum atomic E-state index is 14.3. The summed E-state index contributed by atoms with van der Waals surface area (Å²) in [4.78, 5) is 29.1. The summed E-state index contributed by atoms with van der Waals surface area (Å²) >= 11 is 6.02. The van der Waals surface area contributed by atoms with E-state index >= 15 is 0 Å². The number of nitrogens with zero attached hydrogens (tertiary/aromatic N) is 2. The summed E-state index contributed by atoms with van der Waals surface area (Å²) in [5, 5.41) is 3.18. The smallest absolute Gasteiger partial charge is 0.264 e. The van der Waals surface area contributed by atoms with Gasteiger partial charge in [-0.15, -0.1) is 0 Å². The van der Waals surface area contributed by atoms with Crippen molar-refractivity contribution in [3.63, 3.8) is 0 Å². The van der Waals surface area contributed by atoms with Crippen LogP contribution in [0.15, 0.2) is 108 Å². The second kappa shape index (κ2) is 14.3. The van der Waals surface area contributed by atoms with Crippen LogP contribution in [-0.2, 0) is 32.6 Å². The van der Waals surface area contributed by atoms with Crippen molar-refractivity contribution in [3.8, 4) is 0 Å². The normalized spacial score (nSPS) is 11.9. The highest BCUT2D eigenvalue weighted by Crippen LogP contribution is 2.28. The number of benzene rings is 4. The third kappa shape index (κ3) is 8.00. The van der Waals surface area contributed by atoms with Gasteiger partial charge in [-0.05, 0) is 73.0 Å². The fraction of sp³-hybridized carbons (Fsp3) is 0.212. The second-order valence-corrected chi connectivity index (χ2v) is 12.3. The van der Waals surface area contributed by atoms with Crippen LogP contribution in [0.25, 0.3) is 0 Å². The van der Waals surface area contributed by atoms with Gasteiger partial charge in [-0.3, -0.25) is 13.9 Å². The van der Waals surface area contributed by atoms with Gasteiger partial charge in [0.15, 0.2) is 0 Å². The van der Waals surface area contributed by atoms with Crippen LogP contribution < -0.4 is 9.62 Å². The molecule has 7 nitrogen and oxygen atoms in total. The number of para-hydroxylation sites is 1. The average Bonchev–Trinajstić information content (AvgIpc) is 3.00. The first-order valence-corrected chi connectivity index (χ1v) is 15.6. The lowest BCUT2D eigenvalue weighted by Crippen LogP contribution is -2.53. The third-order valence-corrected chi connectivity index (χ3v) is 8.98. The predicted molar refractivity (Wildman–Crippen MR) is 167 cm³/mol. The number of anilines is 1. The number of sulfonamides is 1. The van der Waals surface area contributed by atoms with Gasteiger partial charge in [-0.2, -0.15) is 0 Å². The molecule has 0 aliphatic rings. The lowest BCUT2D eigenvalue weighted by atomic mass is 10.0. The van der Waals surface area contributed by atoms with Crippen LogP contribution in [0.2, 0.25) is 5.02 Å². The lowest BCUT2D eigenvalue weighted by molar-refractivity contribution is -0.140. The van der Waals surface area contributed by atoms with Crippen LogP contribution in [0.3, 0.4) is 0 Å². The number of amides is 2. The zero-order valence-corrected chi connectivity index (χ0v) is 25.5. The van der Waals surface area contributed by atoms with Crippen LogP contribution >= 0.6 is 11.6 Å². The van der Waals surface area contributed by atoms with Crippen molar-refractivity contribution in [2.45, 2.75) is 37.8 Å². The number of rotatable bonds is 12. The third-order valence-electron chi connectivity index (χ3n) is 6.95. The molecule has 0 spiro atoms. The molecule has 224 valence electrons. The van der Waals surface area contributed by atoms with Crippen LogP contribution in [0.5, 0.6) is 0 Å². The monoisotopic (exact) mass is 621 g/mol. The molecule has 10 heteroatoms. The van der Waals surface area contributed by atoms with E-state index in [2.05, 4.69) is 5.32 Å². The molecule has 1 atom stereocenters. The molecule has 0 bridgehead atoms. The minimum Gasteiger partial charge on any atom is -0.355 e. The number of carbonyl (C=O) groups is 2. The molecular formula is C33H33ClFN3O4S. The van der Waals surface area contributed by atoms with Crippen LogP contribution in [-0.4, -0.2) is 44.3 Å². The molecule has 0 saturated heterocycles. The zero-order valence-electron chi connectivity index (χ0n) is 23.9.